The lowest BCUT2D eigenvalue weighted by atomic mass is 10.1. The van der Waals surface area contributed by atoms with Crippen molar-refractivity contribution in [3.8, 4) is 11.3 Å². The molecule has 2 heterocycles. The monoisotopic (exact) mass is 436 g/mol. The molecule has 0 aliphatic carbocycles. The maximum absolute atomic E-state index is 6.54. The van der Waals surface area contributed by atoms with E-state index in [1.165, 1.54) is 0 Å². The third-order valence-electron chi connectivity index (χ3n) is 5.04. The Morgan fingerprint density at radius 3 is 2.28 bits per heavy atom. The Kier molecular flexibility index (Phi) is 7.01. The van der Waals surface area contributed by atoms with Crippen molar-refractivity contribution in [2.45, 2.75) is 13.8 Å². The van der Waals surface area contributed by atoms with E-state index < -0.39 is 0 Å². The fourth-order valence-corrected chi connectivity index (χ4v) is 4.00. The Balaban J connectivity index is 2.26. The lowest BCUT2D eigenvalue weighted by Crippen LogP contribution is -2.31. The first-order chi connectivity index (χ1) is 13.9. The van der Waals surface area contributed by atoms with Crippen LogP contribution >= 0.6 is 23.2 Å². The molecule has 0 aliphatic heterocycles. The third-order valence-corrected chi connectivity index (χ3v) is 5.59. The van der Waals surface area contributed by atoms with Crippen LogP contribution in [0.5, 0.6) is 0 Å². The van der Waals surface area contributed by atoms with E-state index in [0.29, 0.717) is 42.2 Å². The molecule has 0 aliphatic rings. The molecule has 0 bridgehead atoms. The molecular weight excluding hydrogens is 411 g/mol. The average Bonchev–Trinajstić information content (AvgIpc) is 2.92. The number of aryl methyl sites for hydroxylation is 2. The second-order valence-electron chi connectivity index (χ2n) is 6.91. The Hall–Kier alpha value is -1.86. The molecule has 3 aromatic rings. The van der Waals surface area contributed by atoms with E-state index in [9.17, 15) is 0 Å². The second kappa shape index (κ2) is 9.30. The number of halogens is 2. The van der Waals surface area contributed by atoms with E-state index in [1.54, 1.807) is 20.3 Å². The molecule has 1 aromatic carbocycles. The molecule has 2 aromatic heterocycles. The molecule has 0 fully saturated rings. The lowest BCUT2D eigenvalue weighted by Gasteiger charge is -2.24. The van der Waals surface area contributed by atoms with Crippen molar-refractivity contribution >= 4 is 39.9 Å². The van der Waals surface area contributed by atoms with Crippen molar-refractivity contribution in [1.29, 1.82) is 0 Å². The molecular formula is C21H26Cl2N4O2. The normalized spacial score (nSPS) is 11.4. The first-order valence-electron chi connectivity index (χ1n) is 9.40. The molecule has 0 atom stereocenters. The van der Waals surface area contributed by atoms with Crippen LogP contribution in [0.3, 0.4) is 0 Å². The first kappa shape index (κ1) is 21.8. The fraction of sp³-hybridized carbons (Fsp3) is 0.429. The predicted octanol–water partition coefficient (Wildman–Crippen LogP) is 4.66. The van der Waals surface area contributed by atoms with Crippen molar-refractivity contribution in [2.24, 2.45) is 7.05 Å². The topological polar surface area (TPSA) is 52.4 Å². The van der Waals surface area contributed by atoms with Gasteiger partial charge in [0.25, 0.3) is 0 Å². The van der Waals surface area contributed by atoms with Crippen LogP contribution in [-0.2, 0) is 16.5 Å². The molecule has 29 heavy (non-hydrogen) atoms. The van der Waals surface area contributed by atoms with Gasteiger partial charge in [-0.1, -0.05) is 23.2 Å². The predicted molar refractivity (Wildman–Crippen MR) is 119 cm³/mol. The SMILES string of the molecule is COCCN(CCOC)c1nc(C)nc2c(-c3ccc(Cl)cc3Cl)n(C)c(C)c12. The van der Waals surface area contributed by atoms with E-state index in [1.807, 2.05) is 26.1 Å². The minimum Gasteiger partial charge on any atom is -0.383 e. The highest BCUT2D eigenvalue weighted by atomic mass is 35.5. The fourth-order valence-electron chi connectivity index (χ4n) is 3.50. The van der Waals surface area contributed by atoms with E-state index in [-0.39, 0.29) is 0 Å². The number of nitrogens with zero attached hydrogens (tertiary/aromatic N) is 4. The van der Waals surface area contributed by atoms with Gasteiger partial charge in [-0.15, -0.1) is 0 Å². The van der Waals surface area contributed by atoms with Gasteiger partial charge < -0.3 is 18.9 Å². The van der Waals surface area contributed by atoms with Gasteiger partial charge in [0.2, 0.25) is 0 Å². The zero-order valence-electron chi connectivity index (χ0n) is 17.4. The van der Waals surface area contributed by atoms with Gasteiger partial charge in [0.05, 0.1) is 29.3 Å². The number of ether oxygens (including phenoxy) is 2. The molecule has 6 nitrogen and oxygen atoms in total. The maximum Gasteiger partial charge on any atom is 0.142 e. The molecule has 3 rings (SSSR count). The second-order valence-corrected chi connectivity index (χ2v) is 7.75. The summed E-state index contributed by atoms with van der Waals surface area (Å²) in [6, 6.07) is 5.53. The van der Waals surface area contributed by atoms with E-state index in [4.69, 9.17) is 42.6 Å². The number of hydrogen-bond donors (Lipinski definition) is 0. The maximum atomic E-state index is 6.54. The highest BCUT2D eigenvalue weighted by molar-refractivity contribution is 6.36. The summed E-state index contributed by atoms with van der Waals surface area (Å²) in [5.41, 5.74) is 3.78. The number of aromatic nitrogens is 3. The summed E-state index contributed by atoms with van der Waals surface area (Å²) < 4.78 is 12.7. The van der Waals surface area contributed by atoms with E-state index in [2.05, 4.69) is 16.4 Å². The summed E-state index contributed by atoms with van der Waals surface area (Å²) in [5.74, 6) is 1.58. The molecule has 0 spiro atoms. The van der Waals surface area contributed by atoms with Crippen molar-refractivity contribution in [1.82, 2.24) is 14.5 Å². The van der Waals surface area contributed by atoms with Crippen molar-refractivity contribution in [3.05, 3.63) is 39.8 Å². The Labute approximate surface area is 181 Å². The van der Waals surface area contributed by atoms with Crippen molar-refractivity contribution in [2.75, 3.05) is 45.4 Å². The number of benzene rings is 1. The standard InChI is InChI=1S/C21H26Cl2N4O2/c1-13-18-19(20(26(13)3)16-7-6-15(22)12-17(16)23)24-14(2)25-21(18)27(8-10-28-4)9-11-29-5/h6-7,12H,8-11H2,1-5H3. The van der Waals surface area contributed by atoms with Crippen LogP contribution < -0.4 is 4.90 Å². The molecule has 0 unspecified atom stereocenters. The summed E-state index contributed by atoms with van der Waals surface area (Å²) in [5, 5.41) is 2.20. The molecule has 0 N–H and O–H groups in total. The van der Waals surface area contributed by atoms with Gasteiger partial charge in [0.1, 0.15) is 17.2 Å². The smallest absolute Gasteiger partial charge is 0.142 e. The van der Waals surface area contributed by atoms with Crippen LogP contribution in [0, 0.1) is 13.8 Å². The number of fused-ring (bicyclic) bond motifs is 1. The highest BCUT2D eigenvalue weighted by Gasteiger charge is 2.23. The molecule has 0 saturated heterocycles. The van der Waals surface area contributed by atoms with Gasteiger partial charge in [0, 0.05) is 50.6 Å². The summed E-state index contributed by atoms with van der Waals surface area (Å²) in [4.78, 5) is 11.8. The van der Waals surface area contributed by atoms with Crippen LogP contribution in [-0.4, -0.2) is 55.1 Å². The lowest BCUT2D eigenvalue weighted by molar-refractivity contribution is 0.190. The van der Waals surface area contributed by atoms with Crippen LogP contribution in [0.1, 0.15) is 11.5 Å². The van der Waals surface area contributed by atoms with Crippen molar-refractivity contribution in [3.63, 3.8) is 0 Å². The van der Waals surface area contributed by atoms with Gasteiger partial charge in [-0.05, 0) is 32.0 Å². The van der Waals surface area contributed by atoms with Gasteiger partial charge in [0.15, 0.2) is 0 Å². The molecule has 156 valence electrons. The Morgan fingerprint density at radius 1 is 1.03 bits per heavy atom. The third kappa shape index (κ3) is 4.36. The largest absolute Gasteiger partial charge is 0.383 e. The molecule has 0 saturated carbocycles. The number of rotatable bonds is 8. The quantitative estimate of drug-likeness (QED) is 0.513. The number of anilines is 1. The first-order valence-corrected chi connectivity index (χ1v) is 10.2. The zero-order valence-corrected chi connectivity index (χ0v) is 18.9. The van der Waals surface area contributed by atoms with Crippen LogP contribution in [0.15, 0.2) is 18.2 Å². The minimum atomic E-state index is 0.591. The highest BCUT2D eigenvalue weighted by Crippen LogP contribution is 2.39. The summed E-state index contributed by atoms with van der Waals surface area (Å²) >= 11 is 12.6. The van der Waals surface area contributed by atoms with Crippen LogP contribution in [0.2, 0.25) is 10.0 Å². The van der Waals surface area contributed by atoms with E-state index in [0.717, 1.165) is 33.7 Å². The Morgan fingerprint density at radius 2 is 1.69 bits per heavy atom. The summed E-state index contributed by atoms with van der Waals surface area (Å²) in [6.07, 6.45) is 0. The summed E-state index contributed by atoms with van der Waals surface area (Å²) in [6.45, 7) is 6.57. The number of hydrogen-bond acceptors (Lipinski definition) is 5. The van der Waals surface area contributed by atoms with Gasteiger partial charge >= 0.3 is 0 Å². The molecule has 8 heteroatoms. The zero-order chi connectivity index (χ0) is 21.1. The minimum absolute atomic E-state index is 0.591. The molecule has 0 radical (unpaired) electrons. The van der Waals surface area contributed by atoms with Crippen LogP contribution in [0.4, 0.5) is 5.82 Å². The van der Waals surface area contributed by atoms with Crippen LogP contribution in [0.25, 0.3) is 22.2 Å². The average molecular weight is 437 g/mol. The summed E-state index contributed by atoms with van der Waals surface area (Å²) in [7, 11) is 5.42. The van der Waals surface area contributed by atoms with Gasteiger partial charge in [-0.2, -0.15) is 0 Å². The number of methoxy groups -OCH3 is 2. The van der Waals surface area contributed by atoms with Gasteiger partial charge in [-0.3, -0.25) is 0 Å². The van der Waals surface area contributed by atoms with Crippen molar-refractivity contribution < 1.29 is 9.47 Å². The Bertz CT molecular complexity index is 1010. The van der Waals surface area contributed by atoms with E-state index >= 15 is 0 Å². The molecule has 0 amide bonds. The van der Waals surface area contributed by atoms with Gasteiger partial charge in [-0.25, -0.2) is 9.97 Å².